The summed E-state index contributed by atoms with van der Waals surface area (Å²) in [7, 11) is -16.0. The summed E-state index contributed by atoms with van der Waals surface area (Å²) in [5, 5.41) is 44.5. The molecular formula is C30H38N15O19P3. The summed E-state index contributed by atoms with van der Waals surface area (Å²) < 4.78 is 85.5. The summed E-state index contributed by atoms with van der Waals surface area (Å²) in [5.41, 5.74) is 18.1. The van der Waals surface area contributed by atoms with Crippen LogP contribution in [-0.4, -0.2) is 173 Å². The van der Waals surface area contributed by atoms with E-state index in [0.717, 1.165) is 40.8 Å². The molecule has 0 saturated carbocycles. The van der Waals surface area contributed by atoms with Gasteiger partial charge in [0, 0.05) is 0 Å². The zero-order valence-electron chi connectivity index (χ0n) is 33.5. The van der Waals surface area contributed by atoms with E-state index >= 15 is 0 Å². The van der Waals surface area contributed by atoms with E-state index in [2.05, 4.69) is 49.4 Å². The van der Waals surface area contributed by atoms with E-state index in [1.54, 1.807) is 0 Å². The number of phosphoric acid groups is 3. The summed E-state index contributed by atoms with van der Waals surface area (Å²) in [4.78, 5) is 76.7. The molecule has 0 radical (unpaired) electrons. The van der Waals surface area contributed by atoms with Crippen LogP contribution in [0.2, 0.25) is 0 Å². The van der Waals surface area contributed by atoms with Crippen molar-refractivity contribution in [3.05, 3.63) is 38.0 Å². The van der Waals surface area contributed by atoms with Crippen LogP contribution in [0, 0.1) is 0 Å². The Labute approximate surface area is 371 Å². The van der Waals surface area contributed by atoms with Gasteiger partial charge in [-0.1, -0.05) is 0 Å². The van der Waals surface area contributed by atoms with Crippen LogP contribution in [0.15, 0.2) is 38.0 Å². The van der Waals surface area contributed by atoms with Crippen LogP contribution in [0.5, 0.6) is 0 Å². The maximum Gasteiger partial charge on any atom is 0.472 e. The molecule has 362 valence electrons. The minimum Gasteiger partial charge on any atom is -0.387 e. The van der Waals surface area contributed by atoms with Gasteiger partial charge in [0.25, 0.3) is 0 Å². The molecule has 3 saturated heterocycles. The number of hydrogen-bond acceptors (Lipinski definition) is 27. The first-order valence-electron chi connectivity index (χ1n) is 19.2. The van der Waals surface area contributed by atoms with Crippen LogP contribution >= 0.6 is 23.5 Å². The highest BCUT2D eigenvalue weighted by atomic mass is 31.2. The fourth-order valence-electron chi connectivity index (χ4n) is 7.55. The quantitative estimate of drug-likeness (QED) is 0.0419. The third-order valence-electron chi connectivity index (χ3n) is 10.7. The Bertz CT molecular complexity index is 2940. The summed E-state index contributed by atoms with van der Waals surface area (Å²) in [6, 6.07) is 0. The van der Waals surface area contributed by atoms with Gasteiger partial charge in [-0.15, -0.1) is 0 Å². The van der Waals surface area contributed by atoms with Gasteiger partial charge in [-0.05, 0) is 0 Å². The van der Waals surface area contributed by atoms with Crippen LogP contribution in [-0.2, 0) is 50.5 Å². The topological polar surface area (TPSA) is 496 Å². The summed E-state index contributed by atoms with van der Waals surface area (Å²) >= 11 is 0. The van der Waals surface area contributed by atoms with E-state index in [4.69, 9.17) is 49.5 Å². The van der Waals surface area contributed by atoms with E-state index < -0.39 is 117 Å². The lowest BCUT2D eigenvalue weighted by molar-refractivity contribution is -0.0637. The summed E-state index contributed by atoms with van der Waals surface area (Å²) in [6.45, 7) is -2.93. The number of aliphatic hydroxyl groups excluding tert-OH is 4. The van der Waals surface area contributed by atoms with Crippen LogP contribution in [0.3, 0.4) is 0 Å². The molecule has 9 heterocycles. The molecule has 14 N–H and O–H groups in total. The van der Waals surface area contributed by atoms with E-state index in [9.17, 15) is 53.7 Å². The number of anilines is 3. The Hall–Kier alpha value is -4.90. The third-order valence-corrected chi connectivity index (χ3v) is 13.1. The van der Waals surface area contributed by atoms with Gasteiger partial charge in [-0.25, -0.2) is 58.6 Å². The number of aromatic nitrogens is 12. The van der Waals surface area contributed by atoms with Crippen LogP contribution < -0.4 is 17.2 Å². The van der Waals surface area contributed by atoms with Crippen molar-refractivity contribution >= 4 is 74.4 Å². The second-order valence-electron chi connectivity index (χ2n) is 14.9. The number of imidazole rings is 3. The fourth-order valence-corrected chi connectivity index (χ4v) is 9.78. The van der Waals surface area contributed by atoms with E-state index in [-0.39, 0.29) is 50.9 Å². The molecule has 2 unspecified atom stereocenters. The Kier molecular flexibility index (Phi) is 12.6. The molecule has 0 bridgehead atoms. The molecule has 37 heteroatoms. The first-order valence-corrected chi connectivity index (χ1v) is 23.7. The van der Waals surface area contributed by atoms with Gasteiger partial charge < -0.3 is 71.4 Å². The maximum absolute atomic E-state index is 13.7. The largest absolute Gasteiger partial charge is 0.472 e. The lowest BCUT2D eigenvalue weighted by Crippen LogP contribution is -2.37. The van der Waals surface area contributed by atoms with Crippen LogP contribution in [0.1, 0.15) is 18.7 Å². The highest BCUT2D eigenvalue weighted by molar-refractivity contribution is 7.47. The highest BCUT2D eigenvalue weighted by Crippen LogP contribution is 2.53. The Morgan fingerprint density at radius 3 is 1.37 bits per heavy atom. The van der Waals surface area contributed by atoms with Crippen LogP contribution in [0.25, 0.3) is 33.5 Å². The second kappa shape index (κ2) is 17.9. The molecule has 67 heavy (non-hydrogen) atoms. The predicted molar refractivity (Wildman–Crippen MR) is 214 cm³/mol. The monoisotopic (exact) mass is 1010 g/mol. The van der Waals surface area contributed by atoms with Gasteiger partial charge >= 0.3 is 23.5 Å². The molecule has 6 aromatic rings. The third kappa shape index (κ3) is 9.22. The first-order chi connectivity index (χ1) is 31.7. The molecule has 3 fully saturated rings. The normalized spacial score (nSPS) is 31.0. The zero-order valence-corrected chi connectivity index (χ0v) is 36.2. The number of aliphatic hydroxyl groups is 4. The molecule has 34 nitrogen and oxygen atoms in total. The van der Waals surface area contributed by atoms with Crippen molar-refractivity contribution < 1.29 is 90.5 Å². The lowest BCUT2D eigenvalue weighted by Gasteiger charge is -2.26. The Morgan fingerprint density at radius 1 is 0.493 bits per heavy atom. The van der Waals surface area contributed by atoms with Crippen molar-refractivity contribution in [2.45, 2.75) is 73.6 Å². The summed E-state index contributed by atoms with van der Waals surface area (Å²) in [5.74, 6) is -0.127. The number of nitrogens with zero attached hydrogens (tertiary/aromatic N) is 12. The molecule has 0 spiro atoms. The van der Waals surface area contributed by atoms with E-state index in [0.29, 0.717) is 0 Å². The molecule has 3 aliphatic heterocycles. The highest BCUT2D eigenvalue weighted by Gasteiger charge is 2.53. The molecule has 0 amide bonds. The number of phosphoric ester groups is 3. The number of fused-ring (bicyclic) bond motifs is 3. The standard InChI is InChI=1S/C30H38N15O19P3/c31-22-13-25(37-4-34-22)43(7-40-13)28-18(48)16(46)10(60-28)2-58-66(53,54)63-20-12(62-29(19(20)49)44-8-41-14-23(32)35-5-38-26(14)44)3-59-67(55,56)64-21-17(47)11(1-57-65(50,51)52)61-30(21)45-9-42-15-24(33)36-6-39-27(15)45/h4-12,16-21,28-30,46-49H,1-3H2,(H,53,54)(H,55,56)(H2,31,34,37)(H2,32,35,38)(H2,33,36,39)(H2,50,51,52)/t10-,11-,12-,16-,17-,18-,19-,20-,21-,28-,29-,30-/m1/s1. The maximum atomic E-state index is 13.7. The van der Waals surface area contributed by atoms with Gasteiger partial charge in [-0.2, -0.15) is 0 Å². The smallest absolute Gasteiger partial charge is 0.387 e. The van der Waals surface area contributed by atoms with E-state index in [1.165, 1.54) is 10.9 Å². The number of ether oxygens (including phenoxy) is 3. The Morgan fingerprint density at radius 2 is 0.881 bits per heavy atom. The first kappa shape index (κ1) is 47.2. The SMILES string of the molecule is Nc1ncnc2c1ncn2[C@@H]1O[C@H](COP(=O)(O)O[C@H]2[C@@H](O)[C@H](n3cnc4c(N)ncnc43)O[C@@H]2COP(=O)(O)O[C@@H]2[C@H](O)[C@@H](COP(=O)(O)O)O[C@H]2n2cnc3c(N)ncnc32)[C@@H](O)[C@H]1O. The minimum atomic E-state index is -5.48. The molecule has 3 aliphatic rings. The molecule has 0 aliphatic carbocycles. The fraction of sp³-hybridized carbons (Fsp3) is 0.500. The molecule has 6 aromatic heterocycles. The number of nitrogens with two attached hydrogens (primary N) is 3. The van der Waals surface area contributed by atoms with Crippen molar-refractivity contribution in [1.29, 1.82) is 0 Å². The van der Waals surface area contributed by atoms with Crippen LogP contribution in [0.4, 0.5) is 17.5 Å². The van der Waals surface area contributed by atoms with Gasteiger partial charge in [0.05, 0.1) is 38.8 Å². The summed E-state index contributed by atoms with van der Waals surface area (Å²) in [6.07, 6.45) is -13.9. The second-order valence-corrected chi connectivity index (χ2v) is 18.9. The zero-order chi connectivity index (χ0) is 47.7. The van der Waals surface area contributed by atoms with Crippen molar-refractivity contribution in [3.8, 4) is 0 Å². The number of nitrogen functional groups attached to an aromatic ring is 3. The molecular weight excluding hydrogens is 967 g/mol. The Balaban J connectivity index is 0.935. The molecule has 9 rings (SSSR count). The van der Waals surface area contributed by atoms with Gasteiger partial charge in [0.2, 0.25) is 0 Å². The van der Waals surface area contributed by atoms with Gasteiger partial charge in [0.15, 0.2) is 53.1 Å². The molecule has 0 aromatic carbocycles. The van der Waals surface area contributed by atoms with Gasteiger partial charge in [0.1, 0.15) is 90.5 Å². The van der Waals surface area contributed by atoms with Crippen molar-refractivity contribution in [1.82, 2.24) is 58.6 Å². The predicted octanol–water partition coefficient (Wildman–Crippen LogP) is -3.50. The number of hydrogen-bond donors (Lipinski definition) is 11. The van der Waals surface area contributed by atoms with Crippen molar-refractivity contribution in [3.63, 3.8) is 0 Å². The minimum absolute atomic E-state index is 0.00867. The average Bonchev–Trinajstić information content (AvgIpc) is 4.13. The molecule has 14 atom stereocenters. The lowest BCUT2D eigenvalue weighted by atomic mass is 10.1. The number of rotatable bonds is 16. The van der Waals surface area contributed by atoms with Crippen molar-refractivity contribution in [2.75, 3.05) is 37.0 Å². The van der Waals surface area contributed by atoms with Gasteiger partial charge in [-0.3, -0.25) is 36.3 Å². The van der Waals surface area contributed by atoms with Crippen molar-refractivity contribution in [2.24, 2.45) is 0 Å². The van der Waals surface area contributed by atoms with E-state index in [1.807, 2.05) is 0 Å². The average molecular weight is 1010 g/mol.